The number of carbonyl (C=O) groups is 2. The Balaban J connectivity index is 2.14. The van der Waals surface area contributed by atoms with E-state index in [-0.39, 0.29) is 29.0 Å². The second-order valence-electron chi connectivity index (χ2n) is 7.67. The van der Waals surface area contributed by atoms with Crippen molar-refractivity contribution in [2.75, 3.05) is 5.32 Å². The molecule has 2 rings (SSSR count). The fraction of sp³-hybridized carbons (Fsp3) is 0.348. The molecular weight excluding hydrogens is 423 g/mol. The van der Waals surface area contributed by atoms with Crippen molar-refractivity contribution in [2.24, 2.45) is 5.92 Å². The molecule has 0 saturated heterocycles. The lowest BCUT2D eigenvalue weighted by Gasteiger charge is -2.26. The molecule has 0 aliphatic heterocycles. The summed E-state index contributed by atoms with van der Waals surface area (Å²) in [7, 11) is 0. The van der Waals surface area contributed by atoms with Gasteiger partial charge in [0.2, 0.25) is 5.91 Å². The van der Waals surface area contributed by atoms with Gasteiger partial charge in [-0.05, 0) is 43.7 Å². The van der Waals surface area contributed by atoms with Crippen LogP contribution in [0.25, 0.3) is 0 Å². The van der Waals surface area contributed by atoms with Crippen molar-refractivity contribution in [2.45, 2.75) is 46.0 Å². The smallest absolute Gasteiger partial charge is 0.330 e. The standard InChI is InChI=1S/C23H26F3N3O3/c1-13(2)20(30)29-19-12-17(9-10-27-19)21(31)28-15(5)16-7-6-8-18(11-16)32-23(26,14(3)4)22(24)25/h6-13,15,22H,3H2,1-2,4-5H3,(H,28,31)(H,27,29,30). The van der Waals surface area contributed by atoms with Gasteiger partial charge in [-0.25, -0.2) is 13.8 Å². The number of hydrogen-bond acceptors (Lipinski definition) is 4. The average Bonchev–Trinajstić information content (AvgIpc) is 2.73. The van der Waals surface area contributed by atoms with Gasteiger partial charge in [0, 0.05) is 23.3 Å². The van der Waals surface area contributed by atoms with Crippen molar-refractivity contribution >= 4 is 17.6 Å². The SMILES string of the molecule is C=C(C)C(F)(Oc1cccc(C(C)NC(=O)c2ccnc(NC(=O)C(C)C)c2)c1)C(F)F. The molecule has 2 unspecified atom stereocenters. The number of carbonyl (C=O) groups excluding carboxylic acids is 2. The largest absolute Gasteiger partial charge is 0.449 e. The van der Waals surface area contributed by atoms with Crippen LogP contribution < -0.4 is 15.4 Å². The van der Waals surface area contributed by atoms with Crippen molar-refractivity contribution in [1.29, 1.82) is 0 Å². The topological polar surface area (TPSA) is 80.3 Å². The number of ether oxygens (including phenoxy) is 1. The van der Waals surface area contributed by atoms with Gasteiger partial charge < -0.3 is 15.4 Å². The number of hydrogen-bond donors (Lipinski definition) is 2. The van der Waals surface area contributed by atoms with E-state index in [1.165, 1.54) is 36.5 Å². The minimum absolute atomic E-state index is 0.128. The van der Waals surface area contributed by atoms with E-state index in [4.69, 9.17) is 4.74 Å². The first kappa shape index (κ1) is 24.9. The van der Waals surface area contributed by atoms with Gasteiger partial charge in [0.05, 0.1) is 6.04 Å². The summed E-state index contributed by atoms with van der Waals surface area (Å²) in [5.41, 5.74) is 0.315. The summed E-state index contributed by atoms with van der Waals surface area (Å²) in [6, 6.07) is 8.22. The molecule has 1 aromatic carbocycles. The summed E-state index contributed by atoms with van der Waals surface area (Å²) < 4.78 is 45.7. The molecule has 6 nitrogen and oxygen atoms in total. The lowest BCUT2D eigenvalue weighted by atomic mass is 10.1. The summed E-state index contributed by atoms with van der Waals surface area (Å²) in [5, 5.41) is 5.38. The molecule has 0 bridgehead atoms. The molecule has 172 valence electrons. The minimum Gasteiger partial charge on any atom is -0.449 e. The van der Waals surface area contributed by atoms with Crippen LogP contribution in [0, 0.1) is 5.92 Å². The van der Waals surface area contributed by atoms with Crippen molar-refractivity contribution < 1.29 is 27.5 Å². The van der Waals surface area contributed by atoms with Crippen LogP contribution in [0.5, 0.6) is 5.75 Å². The predicted molar refractivity (Wildman–Crippen MR) is 115 cm³/mol. The number of pyridine rings is 1. The number of benzene rings is 1. The van der Waals surface area contributed by atoms with E-state index in [1.807, 2.05) is 0 Å². The van der Waals surface area contributed by atoms with Crippen LogP contribution in [0.15, 0.2) is 54.7 Å². The Morgan fingerprint density at radius 3 is 2.44 bits per heavy atom. The summed E-state index contributed by atoms with van der Waals surface area (Å²) in [6.07, 6.45) is -2.02. The summed E-state index contributed by atoms with van der Waals surface area (Å²) in [6.45, 7) is 9.50. The zero-order chi connectivity index (χ0) is 24.1. The van der Waals surface area contributed by atoms with Gasteiger partial charge in [-0.1, -0.05) is 32.6 Å². The van der Waals surface area contributed by atoms with Crippen molar-refractivity contribution in [3.8, 4) is 5.75 Å². The number of anilines is 1. The van der Waals surface area contributed by atoms with Crippen LogP contribution in [0.1, 0.15) is 49.7 Å². The molecule has 0 radical (unpaired) electrons. The molecule has 2 aromatic rings. The maximum absolute atomic E-state index is 14.5. The van der Waals surface area contributed by atoms with Gasteiger partial charge in [-0.3, -0.25) is 9.59 Å². The Kier molecular flexibility index (Phi) is 8.02. The fourth-order valence-corrected chi connectivity index (χ4v) is 2.61. The minimum atomic E-state index is -3.42. The second kappa shape index (κ2) is 10.3. The third-order valence-corrected chi connectivity index (χ3v) is 4.63. The van der Waals surface area contributed by atoms with E-state index >= 15 is 0 Å². The first-order chi connectivity index (χ1) is 14.9. The van der Waals surface area contributed by atoms with E-state index in [1.54, 1.807) is 26.8 Å². The number of halogens is 3. The molecule has 0 spiro atoms. The van der Waals surface area contributed by atoms with Crippen LogP contribution in [0.2, 0.25) is 0 Å². The Bertz CT molecular complexity index is 997. The first-order valence-corrected chi connectivity index (χ1v) is 9.93. The lowest BCUT2D eigenvalue weighted by molar-refractivity contribution is -0.138. The third-order valence-electron chi connectivity index (χ3n) is 4.63. The lowest BCUT2D eigenvalue weighted by Crippen LogP contribution is -2.39. The summed E-state index contributed by atoms with van der Waals surface area (Å²) in [4.78, 5) is 28.5. The Labute approximate surface area is 184 Å². The number of amides is 2. The molecule has 1 aromatic heterocycles. The number of nitrogens with zero attached hydrogens (tertiary/aromatic N) is 1. The van der Waals surface area contributed by atoms with Gasteiger partial charge in [-0.15, -0.1) is 0 Å². The Morgan fingerprint density at radius 2 is 1.84 bits per heavy atom. The number of nitrogens with one attached hydrogen (secondary N) is 2. The molecule has 0 saturated carbocycles. The zero-order valence-corrected chi connectivity index (χ0v) is 18.3. The summed E-state index contributed by atoms with van der Waals surface area (Å²) >= 11 is 0. The quantitative estimate of drug-likeness (QED) is 0.525. The molecule has 32 heavy (non-hydrogen) atoms. The maximum atomic E-state index is 14.5. The fourth-order valence-electron chi connectivity index (χ4n) is 2.61. The highest BCUT2D eigenvalue weighted by Crippen LogP contribution is 2.32. The van der Waals surface area contributed by atoms with Gasteiger partial charge >= 0.3 is 12.3 Å². The van der Waals surface area contributed by atoms with E-state index in [0.29, 0.717) is 5.56 Å². The van der Waals surface area contributed by atoms with E-state index in [9.17, 15) is 22.8 Å². The molecule has 9 heteroatoms. The van der Waals surface area contributed by atoms with Crippen LogP contribution in [-0.4, -0.2) is 29.1 Å². The molecule has 0 aliphatic carbocycles. The first-order valence-electron chi connectivity index (χ1n) is 9.93. The normalized spacial score (nSPS) is 13.9. The molecule has 2 atom stereocenters. The van der Waals surface area contributed by atoms with Crippen LogP contribution in [0.4, 0.5) is 19.0 Å². The van der Waals surface area contributed by atoms with Crippen LogP contribution in [0.3, 0.4) is 0 Å². The van der Waals surface area contributed by atoms with Gasteiger partial charge in [0.1, 0.15) is 11.6 Å². The second-order valence-corrected chi connectivity index (χ2v) is 7.67. The predicted octanol–water partition coefficient (Wildman–Crippen LogP) is 5.05. The monoisotopic (exact) mass is 449 g/mol. The van der Waals surface area contributed by atoms with Gasteiger partial charge in [0.15, 0.2) is 0 Å². The molecule has 2 amide bonds. The highest BCUT2D eigenvalue weighted by molar-refractivity contribution is 5.97. The highest BCUT2D eigenvalue weighted by atomic mass is 19.3. The Morgan fingerprint density at radius 1 is 1.16 bits per heavy atom. The van der Waals surface area contributed by atoms with E-state index in [0.717, 1.165) is 6.92 Å². The van der Waals surface area contributed by atoms with Crippen LogP contribution >= 0.6 is 0 Å². The van der Waals surface area contributed by atoms with E-state index in [2.05, 4.69) is 22.2 Å². The molecular formula is C23H26F3N3O3. The van der Waals surface area contributed by atoms with Crippen molar-refractivity contribution in [1.82, 2.24) is 10.3 Å². The van der Waals surface area contributed by atoms with Crippen molar-refractivity contribution in [3.05, 3.63) is 65.9 Å². The molecule has 0 fully saturated rings. The maximum Gasteiger partial charge on any atom is 0.330 e. The van der Waals surface area contributed by atoms with Crippen molar-refractivity contribution in [3.63, 3.8) is 0 Å². The van der Waals surface area contributed by atoms with E-state index < -0.39 is 29.8 Å². The van der Waals surface area contributed by atoms with Gasteiger partial charge in [0.25, 0.3) is 5.91 Å². The zero-order valence-electron chi connectivity index (χ0n) is 18.3. The number of alkyl halides is 3. The van der Waals surface area contributed by atoms with Gasteiger partial charge in [-0.2, -0.15) is 4.39 Å². The summed E-state index contributed by atoms with van der Waals surface area (Å²) in [5.74, 6) is -4.13. The number of aromatic nitrogens is 1. The number of rotatable bonds is 9. The molecule has 2 N–H and O–H groups in total. The average molecular weight is 449 g/mol. The molecule has 0 aliphatic rings. The third kappa shape index (κ3) is 6.09. The molecule has 1 heterocycles. The van der Waals surface area contributed by atoms with Crippen LogP contribution in [-0.2, 0) is 4.79 Å². The highest BCUT2D eigenvalue weighted by Gasteiger charge is 2.44. The Hall–Kier alpha value is -3.36.